The molecule has 0 rings (SSSR count). The molecular formula is H2BF2NaO4P. The quantitative estimate of drug-likeness (QED) is 0.443. The molecule has 0 spiro atoms. The van der Waals surface area contributed by atoms with Crippen LogP contribution >= 0.6 is 7.82 Å². The van der Waals surface area contributed by atoms with Crippen LogP contribution in [-0.2, 0) is 18.5 Å². The van der Waals surface area contributed by atoms with Crippen LogP contribution in [-0.4, -0.2) is 37.6 Å². The molecule has 0 atom stereocenters. The van der Waals surface area contributed by atoms with Crippen molar-refractivity contribution < 1.29 is 27.5 Å². The van der Waals surface area contributed by atoms with E-state index in [-0.39, 0.29) is 29.6 Å². The Kier molecular flexibility index (Phi) is 8.17. The maximum Gasteiger partial charge on any atom is 0.522 e. The van der Waals surface area contributed by atoms with E-state index in [1.165, 1.54) is 0 Å². The Balaban J connectivity index is 0. The van der Waals surface area contributed by atoms with E-state index in [1.54, 1.807) is 0 Å². The van der Waals surface area contributed by atoms with E-state index >= 15 is 0 Å². The molecule has 0 heterocycles. The topological polar surface area (TPSA) is 44.8 Å². The Labute approximate surface area is 73.0 Å². The predicted molar refractivity (Wildman–Crippen MR) is 27.4 cm³/mol. The van der Waals surface area contributed by atoms with Crippen LogP contribution in [0.15, 0.2) is 0 Å². The predicted octanol–water partition coefficient (Wildman–Crippen LogP) is 0.0806. The Morgan fingerprint density at radius 3 is 1.67 bits per heavy atom. The Hall–Kier alpha value is 1.03. The van der Waals surface area contributed by atoms with E-state index in [0.29, 0.717) is 0 Å². The van der Waals surface area contributed by atoms with E-state index in [4.69, 9.17) is 0 Å². The molecule has 4 nitrogen and oxygen atoms in total. The molecule has 49 valence electrons. The van der Waals surface area contributed by atoms with Gasteiger partial charge in [-0.1, -0.05) is 9.46 Å². The van der Waals surface area contributed by atoms with Gasteiger partial charge in [-0.3, -0.25) is 0 Å². The summed E-state index contributed by atoms with van der Waals surface area (Å²) in [4.78, 5) is 0. The van der Waals surface area contributed by atoms with Crippen LogP contribution in [0.2, 0.25) is 0 Å². The summed E-state index contributed by atoms with van der Waals surface area (Å²) in [5, 5.41) is 0. The zero-order valence-electron chi connectivity index (χ0n) is 4.84. The second-order valence-electron chi connectivity index (χ2n) is 0.768. The zero-order chi connectivity index (χ0) is 6.62. The number of halogens is 2. The minimum Gasteiger partial charge on any atom is -0.355 e. The summed E-state index contributed by atoms with van der Waals surface area (Å²) in [5.41, 5.74) is 0. The number of rotatable bonds is 3. The van der Waals surface area contributed by atoms with Crippen molar-refractivity contribution in [3.63, 3.8) is 0 Å². The normalized spacial score (nSPS) is 10.4. The molecule has 0 saturated heterocycles. The molecule has 0 saturated carbocycles. The molecule has 0 aliphatic rings. The standard InChI is InChI=1S/BF2H2O4P.Na/c1-5-8(4,6-2)7-3;/h1H2;. The second-order valence-corrected chi connectivity index (χ2v) is 2.30. The molecule has 0 amide bonds. The third-order valence-electron chi connectivity index (χ3n) is 0.393. The fraction of sp³-hybridized carbons (Fsp3) is 0. The zero-order valence-corrected chi connectivity index (χ0v) is 7.73. The molecule has 0 fully saturated rings. The average Bonchev–Trinajstić information content (AvgIpc) is 1.87. The first-order chi connectivity index (χ1) is 3.68. The molecular weight excluding hydrogens is 167 g/mol. The van der Waals surface area contributed by atoms with Gasteiger partial charge in [-0.15, -0.1) is 0 Å². The first-order valence-electron chi connectivity index (χ1n) is 1.45. The van der Waals surface area contributed by atoms with Gasteiger partial charge < -0.3 is 4.44 Å². The van der Waals surface area contributed by atoms with Gasteiger partial charge in [-0.25, -0.2) is 4.57 Å². The summed E-state index contributed by atoms with van der Waals surface area (Å²) in [7, 11) is -3.72. The van der Waals surface area contributed by atoms with Crippen LogP contribution < -0.4 is 0 Å². The van der Waals surface area contributed by atoms with E-state index in [0.717, 1.165) is 8.05 Å². The fourth-order valence-corrected chi connectivity index (χ4v) is 0.201. The number of hydrogen-bond acceptors (Lipinski definition) is 4. The van der Waals surface area contributed by atoms with Gasteiger partial charge >= 0.3 is 7.82 Å². The van der Waals surface area contributed by atoms with Crippen LogP contribution in [0.3, 0.4) is 0 Å². The van der Waals surface area contributed by atoms with Crippen molar-refractivity contribution in [2.45, 2.75) is 0 Å². The second kappa shape index (κ2) is 5.79. The number of phosphoric acid groups is 1. The summed E-state index contributed by atoms with van der Waals surface area (Å²) in [5.74, 6) is 0. The summed E-state index contributed by atoms with van der Waals surface area (Å²) in [6.07, 6.45) is 0. The van der Waals surface area contributed by atoms with Gasteiger partial charge in [0.1, 0.15) is 0 Å². The first kappa shape index (κ1) is 12.7. The SMILES string of the molecule is BOP(=O)(OF)OF.[Na]. The van der Waals surface area contributed by atoms with Crippen molar-refractivity contribution in [1.82, 2.24) is 0 Å². The van der Waals surface area contributed by atoms with Crippen molar-refractivity contribution in [2.24, 2.45) is 0 Å². The van der Waals surface area contributed by atoms with Gasteiger partial charge in [-0.2, -0.15) is 0 Å². The van der Waals surface area contributed by atoms with Gasteiger partial charge in [0.2, 0.25) is 0 Å². The first-order valence-corrected chi connectivity index (χ1v) is 2.91. The summed E-state index contributed by atoms with van der Waals surface area (Å²) in [6, 6.07) is 0. The van der Waals surface area contributed by atoms with Crippen LogP contribution in [0, 0.1) is 0 Å². The average molecular weight is 169 g/mol. The molecule has 0 aliphatic carbocycles. The molecule has 1 radical (unpaired) electrons. The smallest absolute Gasteiger partial charge is 0.355 e. The number of hydrogen-bond donors (Lipinski definition) is 0. The maximum atomic E-state index is 10.8. The summed E-state index contributed by atoms with van der Waals surface area (Å²) in [6.45, 7) is 0. The Bertz CT molecular complexity index is 89.7. The minimum absolute atomic E-state index is 0. The molecule has 0 N–H and O–H groups in total. The Morgan fingerprint density at radius 2 is 1.67 bits per heavy atom. The molecule has 0 unspecified atom stereocenters. The van der Waals surface area contributed by atoms with Crippen molar-refractivity contribution in [3.05, 3.63) is 0 Å². The summed E-state index contributed by atoms with van der Waals surface area (Å²) < 4.78 is 40.0. The van der Waals surface area contributed by atoms with Gasteiger partial charge in [-0.05, 0) is 9.05 Å². The Morgan fingerprint density at radius 1 is 1.33 bits per heavy atom. The molecule has 0 aromatic rings. The fourth-order valence-electron chi connectivity index (χ4n) is 0.0670. The van der Waals surface area contributed by atoms with E-state index in [1.807, 2.05) is 0 Å². The van der Waals surface area contributed by atoms with Crippen molar-refractivity contribution in [3.8, 4) is 0 Å². The third-order valence-corrected chi connectivity index (χ3v) is 1.18. The van der Waals surface area contributed by atoms with E-state index in [9.17, 15) is 13.6 Å². The van der Waals surface area contributed by atoms with Crippen molar-refractivity contribution >= 4 is 45.4 Å². The van der Waals surface area contributed by atoms with E-state index < -0.39 is 7.82 Å². The van der Waals surface area contributed by atoms with Crippen LogP contribution in [0.25, 0.3) is 0 Å². The maximum absolute atomic E-state index is 10.8. The molecule has 9 heteroatoms. The molecule has 0 aromatic carbocycles. The molecule has 0 aliphatic heterocycles. The molecule has 0 aromatic heterocycles. The largest absolute Gasteiger partial charge is 0.522 e. The van der Waals surface area contributed by atoms with Gasteiger partial charge in [0.05, 0.1) is 0 Å². The van der Waals surface area contributed by atoms with Crippen LogP contribution in [0.4, 0.5) is 9.05 Å². The van der Waals surface area contributed by atoms with Crippen molar-refractivity contribution in [1.29, 1.82) is 0 Å². The van der Waals surface area contributed by atoms with Gasteiger partial charge in [0.25, 0.3) is 8.05 Å². The van der Waals surface area contributed by atoms with E-state index in [2.05, 4.69) is 13.9 Å². The van der Waals surface area contributed by atoms with Gasteiger partial charge in [0.15, 0.2) is 0 Å². The van der Waals surface area contributed by atoms with Gasteiger partial charge in [0, 0.05) is 29.6 Å². The third kappa shape index (κ3) is 4.44. The summed E-state index contributed by atoms with van der Waals surface area (Å²) >= 11 is 0. The minimum atomic E-state index is -4.50. The molecule has 0 bridgehead atoms. The molecule has 9 heavy (non-hydrogen) atoms. The van der Waals surface area contributed by atoms with Crippen molar-refractivity contribution in [2.75, 3.05) is 0 Å². The van der Waals surface area contributed by atoms with Crippen LogP contribution in [0.5, 0.6) is 0 Å². The monoisotopic (exact) mass is 169 g/mol. The van der Waals surface area contributed by atoms with Crippen LogP contribution in [0.1, 0.15) is 0 Å².